The third kappa shape index (κ3) is 6.00. The van der Waals surface area contributed by atoms with Crippen LogP contribution in [0.2, 0.25) is 0 Å². The van der Waals surface area contributed by atoms with Crippen molar-refractivity contribution in [3.8, 4) is 0 Å². The predicted octanol–water partition coefficient (Wildman–Crippen LogP) is 2.48. The van der Waals surface area contributed by atoms with Crippen molar-refractivity contribution < 1.29 is 14.4 Å². The summed E-state index contributed by atoms with van der Waals surface area (Å²) >= 11 is 1.50. The third-order valence-electron chi connectivity index (χ3n) is 5.01. The molecular formula is C21H30N4O3S. The normalized spacial score (nSPS) is 14.4. The van der Waals surface area contributed by atoms with E-state index in [-0.39, 0.29) is 18.2 Å². The maximum Gasteiger partial charge on any atom is 0.243 e. The first-order valence-electron chi connectivity index (χ1n) is 9.88. The third-order valence-corrected chi connectivity index (χ3v) is 6.05. The molecule has 3 atom stereocenters. The fourth-order valence-corrected chi connectivity index (χ4v) is 4.11. The van der Waals surface area contributed by atoms with E-state index in [1.165, 1.54) is 23.8 Å². The van der Waals surface area contributed by atoms with E-state index in [0.29, 0.717) is 12.3 Å². The maximum atomic E-state index is 12.8. The molecule has 0 spiro atoms. The number of fused-ring (bicyclic) bond motifs is 1. The van der Waals surface area contributed by atoms with Crippen molar-refractivity contribution in [2.45, 2.75) is 65.5 Å². The number of carbonyl (C=O) groups is 3. The number of nitrogens with one attached hydrogen (secondary N) is 2. The smallest absolute Gasteiger partial charge is 0.243 e. The number of nitrogens with two attached hydrogens (primary N) is 1. The Morgan fingerprint density at radius 1 is 1.17 bits per heavy atom. The lowest BCUT2D eigenvalue weighted by Gasteiger charge is -2.24. The standard InChI is InChI=1S/C21H30N4O3S/c1-6-12(4)19(20(22)27)25-21(28)16(23-13(5)26)10-18-24-15-8-7-14(11(2)3)9-17(15)29-18/h7-9,11-12,16,19H,6,10H2,1-5H3,(H2,22,27)(H,23,26)(H,25,28)/t12-,16-,19-/m0/s1. The summed E-state index contributed by atoms with van der Waals surface area (Å²) in [6.45, 7) is 9.39. The molecule has 8 heteroatoms. The second-order valence-electron chi connectivity index (χ2n) is 7.72. The van der Waals surface area contributed by atoms with Gasteiger partial charge in [0.05, 0.1) is 15.2 Å². The molecule has 4 N–H and O–H groups in total. The average Bonchev–Trinajstić information content (AvgIpc) is 3.05. The first kappa shape index (κ1) is 22.8. The maximum absolute atomic E-state index is 12.8. The van der Waals surface area contributed by atoms with E-state index in [0.717, 1.165) is 15.2 Å². The van der Waals surface area contributed by atoms with Crippen molar-refractivity contribution in [2.24, 2.45) is 11.7 Å². The van der Waals surface area contributed by atoms with Gasteiger partial charge in [0, 0.05) is 13.3 Å². The van der Waals surface area contributed by atoms with Crippen molar-refractivity contribution in [2.75, 3.05) is 0 Å². The average molecular weight is 419 g/mol. The van der Waals surface area contributed by atoms with Gasteiger partial charge in [0.1, 0.15) is 12.1 Å². The largest absolute Gasteiger partial charge is 0.368 e. The van der Waals surface area contributed by atoms with Crippen LogP contribution in [0.1, 0.15) is 57.5 Å². The molecule has 0 fully saturated rings. The van der Waals surface area contributed by atoms with Crippen LogP contribution in [0.5, 0.6) is 0 Å². The van der Waals surface area contributed by atoms with Crippen LogP contribution in [-0.2, 0) is 20.8 Å². The summed E-state index contributed by atoms with van der Waals surface area (Å²) in [5.74, 6) is -1.05. The Bertz CT molecular complexity index is 893. The summed E-state index contributed by atoms with van der Waals surface area (Å²) in [6.07, 6.45) is 0.933. The van der Waals surface area contributed by atoms with Gasteiger partial charge in [0.15, 0.2) is 0 Å². The number of hydrogen-bond acceptors (Lipinski definition) is 5. The Hall–Kier alpha value is -2.48. The van der Waals surface area contributed by atoms with E-state index in [9.17, 15) is 14.4 Å². The fraction of sp³-hybridized carbons (Fsp3) is 0.524. The van der Waals surface area contributed by atoms with Crippen molar-refractivity contribution in [3.05, 3.63) is 28.8 Å². The zero-order valence-electron chi connectivity index (χ0n) is 17.6. The van der Waals surface area contributed by atoms with Crippen LogP contribution in [0, 0.1) is 5.92 Å². The number of hydrogen-bond donors (Lipinski definition) is 3. The topological polar surface area (TPSA) is 114 Å². The molecule has 0 unspecified atom stereocenters. The van der Waals surface area contributed by atoms with Gasteiger partial charge in [-0.15, -0.1) is 11.3 Å². The molecule has 29 heavy (non-hydrogen) atoms. The number of primary amides is 1. The van der Waals surface area contributed by atoms with Crippen molar-refractivity contribution in [3.63, 3.8) is 0 Å². The van der Waals surface area contributed by atoms with Gasteiger partial charge in [-0.1, -0.05) is 40.2 Å². The first-order valence-corrected chi connectivity index (χ1v) is 10.7. The summed E-state index contributed by atoms with van der Waals surface area (Å²) in [6, 6.07) is 4.53. The molecule has 1 aromatic carbocycles. The van der Waals surface area contributed by atoms with Gasteiger partial charge in [-0.2, -0.15) is 0 Å². The number of nitrogens with zero attached hydrogens (tertiary/aromatic N) is 1. The monoisotopic (exact) mass is 418 g/mol. The lowest BCUT2D eigenvalue weighted by atomic mass is 9.98. The van der Waals surface area contributed by atoms with Crippen molar-refractivity contribution in [1.82, 2.24) is 15.6 Å². The second-order valence-corrected chi connectivity index (χ2v) is 8.84. The van der Waals surface area contributed by atoms with Gasteiger partial charge < -0.3 is 16.4 Å². The van der Waals surface area contributed by atoms with E-state index >= 15 is 0 Å². The summed E-state index contributed by atoms with van der Waals surface area (Å²) in [5.41, 5.74) is 7.54. The highest BCUT2D eigenvalue weighted by molar-refractivity contribution is 7.18. The highest BCUT2D eigenvalue weighted by Gasteiger charge is 2.28. The van der Waals surface area contributed by atoms with E-state index in [1.807, 2.05) is 19.9 Å². The van der Waals surface area contributed by atoms with Crippen LogP contribution in [0.15, 0.2) is 18.2 Å². The highest BCUT2D eigenvalue weighted by Crippen LogP contribution is 2.27. The molecule has 3 amide bonds. The second kappa shape index (κ2) is 9.82. The number of aromatic nitrogens is 1. The minimum atomic E-state index is -0.830. The molecule has 0 saturated carbocycles. The molecule has 0 bridgehead atoms. The Balaban J connectivity index is 2.23. The van der Waals surface area contributed by atoms with Gasteiger partial charge in [0.25, 0.3) is 0 Å². The Labute approximate surface area is 175 Å². The Morgan fingerprint density at radius 3 is 2.41 bits per heavy atom. The number of carbonyl (C=O) groups excluding carboxylic acids is 3. The minimum Gasteiger partial charge on any atom is -0.368 e. The van der Waals surface area contributed by atoms with Crippen LogP contribution >= 0.6 is 11.3 Å². The molecule has 0 aliphatic heterocycles. The molecule has 1 aromatic heterocycles. The first-order chi connectivity index (χ1) is 13.6. The van der Waals surface area contributed by atoms with Gasteiger partial charge in [0.2, 0.25) is 17.7 Å². The molecule has 1 heterocycles. The molecule has 0 saturated heterocycles. The van der Waals surface area contributed by atoms with E-state index in [1.54, 1.807) is 0 Å². The summed E-state index contributed by atoms with van der Waals surface area (Å²) in [7, 11) is 0. The minimum absolute atomic E-state index is 0.105. The quantitative estimate of drug-likeness (QED) is 0.580. The Morgan fingerprint density at radius 2 is 1.86 bits per heavy atom. The van der Waals surface area contributed by atoms with Gasteiger partial charge in [-0.3, -0.25) is 14.4 Å². The van der Waals surface area contributed by atoms with Crippen LogP contribution < -0.4 is 16.4 Å². The summed E-state index contributed by atoms with van der Waals surface area (Å²) in [4.78, 5) is 40.8. The molecular weight excluding hydrogens is 388 g/mol. The molecule has 0 radical (unpaired) electrons. The fourth-order valence-electron chi connectivity index (χ4n) is 3.05. The molecule has 0 aliphatic rings. The predicted molar refractivity (Wildman–Crippen MR) is 116 cm³/mol. The van der Waals surface area contributed by atoms with Gasteiger partial charge in [-0.05, 0) is 29.5 Å². The van der Waals surface area contributed by atoms with Gasteiger partial charge >= 0.3 is 0 Å². The van der Waals surface area contributed by atoms with Crippen molar-refractivity contribution in [1.29, 1.82) is 0 Å². The number of benzene rings is 1. The van der Waals surface area contributed by atoms with E-state index < -0.39 is 23.9 Å². The molecule has 2 aromatic rings. The Kier molecular flexibility index (Phi) is 7.73. The van der Waals surface area contributed by atoms with Crippen LogP contribution in [0.25, 0.3) is 10.2 Å². The summed E-state index contributed by atoms with van der Waals surface area (Å²) in [5, 5.41) is 6.11. The molecule has 158 valence electrons. The molecule has 7 nitrogen and oxygen atoms in total. The highest BCUT2D eigenvalue weighted by atomic mass is 32.1. The van der Waals surface area contributed by atoms with Crippen LogP contribution in [-0.4, -0.2) is 34.8 Å². The molecule has 0 aliphatic carbocycles. The SMILES string of the molecule is CC[C@H](C)[C@H](NC(=O)[C@H](Cc1nc2ccc(C(C)C)cc2s1)NC(C)=O)C(N)=O. The number of rotatable bonds is 9. The number of amides is 3. The molecule has 2 rings (SSSR count). The zero-order valence-corrected chi connectivity index (χ0v) is 18.4. The zero-order chi connectivity index (χ0) is 21.7. The van der Waals surface area contributed by atoms with Crippen LogP contribution in [0.3, 0.4) is 0 Å². The van der Waals surface area contributed by atoms with Crippen molar-refractivity contribution >= 4 is 39.3 Å². The summed E-state index contributed by atoms with van der Waals surface area (Å²) < 4.78 is 1.04. The lowest BCUT2D eigenvalue weighted by molar-refractivity contribution is -0.131. The number of thiazole rings is 1. The van der Waals surface area contributed by atoms with Gasteiger partial charge in [-0.25, -0.2) is 4.98 Å². The van der Waals surface area contributed by atoms with E-state index in [2.05, 4.69) is 41.6 Å². The van der Waals surface area contributed by atoms with Crippen LogP contribution in [0.4, 0.5) is 0 Å². The lowest BCUT2D eigenvalue weighted by Crippen LogP contribution is -2.55. The van der Waals surface area contributed by atoms with E-state index in [4.69, 9.17) is 5.73 Å².